The molecule has 0 radical (unpaired) electrons. The van der Waals surface area contributed by atoms with Crippen molar-refractivity contribution in [3.63, 3.8) is 0 Å². The smallest absolute Gasteiger partial charge is 0.0689 e. The molecule has 13 rings (SSSR count). The second kappa shape index (κ2) is 6.72. The molecule has 4 aromatic rings. The van der Waals surface area contributed by atoms with Crippen molar-refractivity contribution < 1.29 is 4.74 Å². The first-order valence-electron chi connectivity index (χ1n) is 14.8. The van der Waals surface area contributed by atoms with Crippen LogP contribution in [0.5, 0.6) is 0 Å². The van der Waals surface area contributed by atoms with Gasteiger partial charge in [0.05, 0.1) is 12.2 Å². The Morgan fingerprint density at radius 2 is 0.692 bits per heavy atom. The van der Waals surface area contributed by atoms with Crippen LogP contribution in [0.2, 0.25) is 0 Å². The zero-order chi connectivity index (χ0) is 25.0. The zero-order valence-electron chi connectivity index (χ0n) is 21.6. The predicted molar refractivity (Wildman–Crippen MR) is 152 cm³/mol. The quantitative estimate of drug-likeness (QED) is 0.241. The van der Waals surface area contributed by atoms with Crippen molar-refractivity contribution in [2.24, 2.45) is 23.7 Å². The van der Waals surface area contributed by atoms with Crippen molar-refractivity contribution in [1.82, 2.24) is 0 Å². The molecule has 0 saturated carbocycles. The molecule has 2 saturated heterocycles. The summed E-state index contributed by atoms with van der Waals surface area (Å²) < 4.78 is 7.17. The molecule has 6 bridgehead atoms. The maximum atomic E-state index is 7.17. The molecule has 2 heterocycles. The van der Waals surface area contributed by atoms with Gasteiger partial charge in [0.1, 0.15) is 0 Å². The van der Waals surface area contributed by atoms with Gasteiger partial charge < -0.3 is 4.74 Å². The first kappa shape index (κ1) is 20.3. The maximum Gasteiger partial charge on any atom is 0.0689 e. The van der Waals surface area contributed by atoms with Gasteiger partial charge in [-0.25, -0.2) is 0 Å². The Labute approximate surface area is 228 Å². The van der Waals surface area contributed by atoms with E-state index >= 15 is 0 Å². The van der Waals surface area contributed by atoms with Crippen molar-refractivity contribution in [2.45, 2.75) is 35.9 Å². The summed E-state index contributed by atoms with van der Waals surface area (Å²) in [5.74, 6) is 3.71. The highest BCUT2D eigenvalue weighted by atomic mass is 16.5. The molecule has 2 aliphatic heterocycles. The van der Waals surface area contributed by atoms with Crippen LogP contribution < -0.4 is 0 Å². The van der Waals surface area contributed by atoms with Gasteiger partial charge in [0.25, 0.3) is 0 Å². The molecule has 1 nitrogen and oxygen atoms in total. The summed E-state index contributed by atoms with van der Waals surface area (Å²) >= 11 is 0. The Bertz CT molecular complexity index is 1600. The topological polar surface area (TPSA) is 9.23 Å². The fraction of sp³-hybridized carbons (Fsp3) is 0.263. The van der Waals surface area contributed by atoms with Gasteiger partial charge in [-0.3, -0.25) is 0 Å². The van der Waals surface area contributed by atoms with E-state index in [4.69, 9.17) is 4.74 Å². The highest BCUT2D eigenvalue weighted by Crippen LogP contribution is 2.70. The summed E-state index contributed by atoms with van der Waals surface area (Å²) in [6, 6.07) is 37.1. The van der Waals surface area contributed by atoms with Gasteiger partial charge in [0, 0.05) is 47.3 Å². The van der Waals surface area contributed by atoms with Crippen LogP contribution in [0.15, 0.2) is 120 Å². The van der Waals surface area contributed by atoms with Gasteiger partial charge in [-0.2, -0.15) is 0 Å². The van der Waals surface area contributed by atoms with Gasteiger partial charge in [0.15, 0.2) is 0 Å². The third-order valence-corrected chi connectivity index (χ3v) is 11.8. The van der Waals surface area contributed by atoms with E-state index in [1.165, 1.54) is 22.3 Å². The van der Waals surface area contributed by atoms with Crippen LogP contribution >= 0.6 is 0 Å². The molecule has 0 N–H and O–H groups in total. The lowest BCUT2D eigenvalue weighted by molar-refractivity contribution is 0.0755. The summed E-state index contributed by atoms with van der Waals surface area (Å²) in [5, 5.41) is 0. The van der Waals surface area contributed by atoms with E-state index < -0.39 is 0 Å². The molecule has 4 aromatic carbocycles. The number of hydrogen-bond acceptors (Lipinski definition) is 1. The first-order chi connectivity index (χ1) is 19.4. The van der Waals surface area contributed by atoms with Gasteiger partial charge >= 0.3 is 0 Å². The van der Waals surface area contributed by atoms with Crippen LogP contribution in [-0.2, 0) is 4.74 Å². The Morgan fingerprint density at radius 3 is 1.03 bits per heavy atom. The van der Waals surface area contributed by atoms with Crippen LogP contribution in [-0.4, -0.2) is 12.2 Å². The largest absolute Gasteiger partial charge is 0.373 e. The van der Waals surface area contributed by atoms with Crippen molar-refractivity contribution in [2.75, 3.05) is 0 Å². The van der Waals surface area contributed by atoms with Gasteiger partial charge in [0.2, 0.25) is 0 Å². The van der Waals surface area contributed by atoms with Crippen LogP contribution in [0.3, 0.4) is 0 Å². The Morgan fingerprint density at radius 1 is 0.385 bits per heavy atom. The Balaban J connectivity index is 1.11. The number of allylic oxidation sites excluding steroid dienone is 2. The molecule has 1 heteroatoms. The minimum atomic E-state index is 0.301. The van der Waals surface area contributed by atoms with Gasteiger partial charge in [-0.15, -0.1) is 0 Å². The number of fused-ring (bicyclic) bond motifs is 5. The van der Waals surface area contributed by atoms with E-state index in [-0.39, 0.29) is 0 Å². The van der Waals surface area contributed by atoms with E-state index in [1.807, 2.05) is 0 Å². The second-order valence-electron chi connectivity index (χ2n) is 13.0. The standard InChI is InChI=1S/C38H28O/c1-2-10-20-19(9-1)31-21-11-3-4-12-22(21)32(20)28-18-30-29(17-27(28)31)37-35-33-23-13-5-7-15-25(23)34(36(35)38(30)39-37)26-16-8-6-14-24(26)33/h1-18,29-38H. The minimum absolute atomic E-state index is 0.301. The predicted octanol–water partition coefficient (Wildman–Crippen LogP) is 7.68. The SMILES string of the molecule is C1=C2C(=CC3C1C1OC3C3C4c5ccccc5C(c5ccccc54)C13)C1c3ccccc3C2c2ccccc21. The molecule has 0 spiro atoms. The van der Waals surface area contributed by atoms with Crippen molar-refractivity contribution >= 4 is 0 Å². The average Bonchev–Trinajstić information content (AvgIpc) is 3.57. The second-order valence-corrected chi connectivity index (χ2v) is 13.0. The summed E-state index contributed by atoms with van der Waals surface area (Å²) in [7, 11) is 0. The molecule has 186 valence electrons. The fourth-order valence-electron chi connectivity index (χ4n) is 10.7. The zero-order valence-corrected chi connectivity index (χ0v) is 21.6. The number of hydrogen-bond donors (Lipinski definition) is 0. The molecule has 6 unspecified atom stereocenters. The van der Waals surface area contributed by atoms with E-state index in [2.05, 4.69) is 109 Å². The van der Waals surface area contributed by atoms with Crippen LogP contribution in [0, 0.1) is 23.7 Å². The lowest BCUT2D eigenvalue weighted by Gasteiger charge is -2.54. The molecule has 39 heavy (non-hydrogen) atoms. The lowest BCUT2D eigenvalue weighted by atomic mass is 9.47. The van der Waals surface area contributed by atoms with E-state index in [0.717, 1.165) is 0 Å². The van der Waals surface area contributed by atoms with Crippen LogP contribution in [0.4, 0.5) is 0 Å². The van der Waals surface area contributed by atoms with Gasteiger partial charge in [-0.1, -0.05) is 109 Å². The third-order valence-electron chi connectivity index (χ3n) is 11.8. The number of benzene rings is 4. The normalized spacial score (nSPS) is 37.9. The first-order valence-corrected chi connectivity index (χ1v) is 14.8. The summed E-state index contributed by atoms with van der Waals surface area (Å²) in [6.45, 7) is 0. The van der Waals surface area contributed by atoms with E-state index in [0.29, 0.717) is 59.6 Å². The van der Waals surface area contributed by atoms with Crippen molar-refractivity contribution in [3.05, 3.63) is 165 Å². The van der Waals surface area contributed by atoms with E-state index in [1.54, 1.807) is 33.4 Å². The third kappa shape index (κ3) is 2.18. The number of ether oxygens (including phenoxy) is 1. The molecule has 9 aliphatic rings. The lowest BCUT2D eigenvalue weighted by Crippen LogP contribution is -2.50. The number of rotatable bonds is 0. The molecular formula is C38H28O. The molecule has 6 atom stereocenters. The molecule has 0 amide bonds. The maximum absolute atomic E-state index is 7.17. The van der Waals surface area contributed by atoms with Crippen LogP contribution in [0.1, 0.15) is 68.2 Å². The fourth-order valence-corrected chi connectivity index (χ4v) is 10.7. The highest BCUT2D eigenvalue weighted by molar-refractivity contribution is 5.71. The van der Waals surface area contributed by atoms with E-state index in [9.17, 15) is 0 Å². The summed E-state index contributed by atoms with van der Waals surface area (Å²) in [6.07, 6.45) is 6.03. The summed E-state index contributed by atoms with van der Waals surface area (Å²) in [5.41, 5.74) is 15.5. The minimum Gasteiger partial charge on any atom is -0.373 e. The average molecular weight is 501 g/mol. The highest BCUT2D eigenvalue weighted by Gasteiger charge is 2.67. The van der Waals surface area contributed by atoms with Crippen molar-refractivity contribution in [3.8, 4) is 0 Å². The molecule has 7 aliphatic carbocycles. The molecular weight excluding hydrogens is 472 g/mol. The summed E-state index contributed by atoms with van der Waals surface area (Å²) in [4.78, 5) is 0. The Hall–Kier alpha value is -3.68. The van der Waals surface area contributed by atoms with Crippen LogP contribution in [0.25, 0.3) is 0 Å². The van der Waals surface area contributed by atoms with Crippen molar-refractivity contribution in [1.29, 1.82) is 0 Å². The Kier molecular flexibility index (Phi) is 3.49. The van der Waals surface area contributed by atoms with Gasteiger partial charge in [-0.05, 0) is 55.7 Å². The molecule has 2 fully saturated rings. The monoisotopic (exact) mass is 500 g/mol. The molecule has 0 aromatic heterocycles.